The largest absolute Gasteiger partial charge is 0.384 e. The van der Waals surface area contributed by atoms with Gasteiger partial charge in [0.05, 0.1) is 23.0 Å². The molecule has 1 aromatic heterocycles. The van der Waals surface area contributed by atoms with E-state index >= 15 is 4.39 Å². The second-order valence-electron chi connectivity index (χ2n) is 10.3. The predicted molar refractivity (Wildman–Crippen MR) is 136 cm³/mol. The molecule has 36 heavy (non-hydrogen) atoms. The molecule has 188 valence electrons. The molecule has 0 saturated carbocycles. The van der Waals surface area contributed by atoms with Gasteiger partial charge in [0, 0.05) is 54.0 Å². The molecule has 1 atom stereocenters. The summed E-state index contributed by atoms with van der Waals surface area (Å²) in [5, 5.41) is 15.1. The smallest absolute Gasteiger partial charge is 0.328 e. The number of imide groups is 1. The summed E-state index contributed by atoms with van der Waals surface area (Å²) in [5.41, 5.74) is 0.127. The Bertz CT molecular complexity index is 1350. The van der Waals surface area contributed by atoms with Gasteiger partial charge in [-0.05, 0) is 36.2 Å². The lowest BCUT2D eigenvalue weighted by Crippen LogP contribution is -2.55. The highest BCUT2D eigenvalue weighted by Gasteiger charge is 2.50. The minimum atomic E-state index is -1.40. The van der Waals surface area contributed by atoms with Crippen LogP contribution >= 0.6 is 11.6 Å². The number of aliphatic hydroxyl groups is 1. The van der Waals surface area contributed by atoms with E-state index in [0.717, 1.165) is 5.56 Å². The zero-order valence-electron chi connectivity index (χ0n) is 20.2. The highest BCUT2D eigenvalue weighted by Crippen LogP contribution is 2.48. The second kappa shape index (κ2) is 9.10. The van der Waals surface area contributed by atoms with Crippen molar-refractivity contribution in [2.24, 2.45) is 5.41 Å². The standard InChI is InChI=1S/C27H28ClFN4O3/c1-26(2)16-32(15-17-3-5-18(28)6-4-17)12-10-27(26,36)21-7-8-22-20(24(21)29)13-19(14-30-22)33-11-9-23(34)31-25(33)35/h3-8,13-14,36H,9-12,15-16H2,1-2H3,(H,31,34,35)/t27-/m0/s1. The molecule has 0 radical (unpaired) electrons. The zero-order valence-corrected chi connectivity index (χ0v) is 21.0. The van der Waals surface area contributed by atoms with E-state index in [1.54, 1.807) is 18.2 Å². The summed E-state index contributed by atoms with van der Waals surface area (Å²) in [4.78, 5) is 31.7. The first-order valence-electron chi connectivity index (χ1n) is 12.0. The number of hydrogen-bond donors (Lipinski definition) is 2. The average molecular weight is 511 g/mol. The Labute approximate surface area is 213 Å². The van der Waals surface area contributed by atoms with E-state index in [-0.39, 0.29) is 29.8 Å². The Hall–Kier alpha value is -3.07. The van der Waals surface area contributed by atoms with Crippen molar-refractivity contribution in [1.82, 2.24) is 15.2 Å². The Kier molecular flexibility index (Phi) is 6.22. The van der Waals surface area contributed by atoms with E-state index < -0.39 is 22.9 Å². The van der Waals surface area contributed by atoms with Crippen LogP contribution in [-0.4, -0.2) is 46.6 Å². The lowest BCUT2D eigenvalue weighted by atomic mass is 9.66. The van der Waals surface area contributed by atoms with Crippen LogP contribution in [0.15, 0.2) is 48.7 Å². The molecule has 2 fully saturated rings. The number of benzene rings is 2. The number of piperidine rings is 1. The van der Waals surface area contributed by atoms with E-state index in [1.807, 2.05) is 38.1 Å². The molecule has 3 heterocycles. The number of anilines is 1. The Morgan fingerprint density at radius 2 is 1.89 bits per heavy atom. The normalized spacial score (nSPS) is 22.6. The Balaban J connectivity index is 1.44. The van der Waals surface area contributed by atoms with E-state index in [2.05, 4.69) is 15.2 Å². The van der Waals surface area contributed by atoms with Gasteiger partial charge in [-0.3, -0.25) is 24.9 Å². The molecule has 2 saturated heterocycles. The third kappa shape index (κ3) is 4.34. The summed E-state index contributed by atoms with van der Waals surface area (Å²) in [5.74, 6) is -0.887. The molecule has 0 bridgehead atoms. The third-order valence-corrected chi connectivity index (χ3v) is 7.70. The number of halogens is 2. The van der Waals surface area contributed by atoms with Gasteiger partial charge in [-0.25, -0.2) is 9.18 Å². The summed E-state index contributed by atoms with van der Waals surface area (Å²) >= 11 is 6.01. The van der Waals surface area contributed by atoms with Gasteiger partial charge in [0.25, 0.3) is 0 Å². The minimum absolute atomic E-state index is 0.159. The van der Waals surface area contributed by atoms with Crippen LogP contribution in [0.5, 0.6) is 0 Å². The van der Waals surface area contributed by atoms with E-state index in [9.17, 15) is 14.7 Å². The summed E-state index contributed by atoms with van der Waals surface area (Å²) in [6.45, 7) is 5.98. The maximum absolute atomic E-state index is 16.0. The monoisotopic (exact) mass is 510 g/mol. The zero-order chi connectivity index (χ0) is 25.7. The molecule has 0 spiro atoms. The number of carbonyl (C=O) groups excluding carboxylic acids is 2. The Morgan fingerprint density at radius 1 is 1.14 bits per heavy atom. The number of hydrogen-bond acceptors (Lipinski definition) is 5. The molecule has 3 aromatic rings. The fourth-order valence-electron chi connectivity index (χ4n) is 5.34. The Morgan fingerprint density at radius 3 is 2.58 bits per heavy atom. The number of nitrogens with one attached hydrogen (secondary N) is 1. The topological polar surface area (TPSA) is 85.8 Å². The van der Waals surface area contributed by atoms with E-state index in [0.29, 0.717) is 42.3 Å². The number of rotatable bonds is 4. The summed E-state index contributed by atoms with van der Waals surface area (Å²) in [7, 11) is 0. The SMILES string of the molecule is CC1(C)CN(Cc2ccc(Cl)cc2)CC[C@]1(O)c1ccc2ncc(N3CCC(=O)NC3=O)cc2c1F. The number of aromatic nitrogens is 1. The first kappa shape index (κ1) is 24.6. The van der Waals surface area contributed by atoms with Crippen molar-refractivity contribution in [3.63, 3.8) is 0 Å². The second-order valence-corrected chi connectivity index (χ2v) is 10.7. The molecule has 2 N–H and O–H groups in total. The van der Waals surface area contributed by atoms with Crippen molar-refractivity contribution in [3.8, 4) is 0 Å². The van der Waals surface area contributed by atoms with Crippen LogP contribution in [0.1, 0.15) is 37.8 Å². The maximum Gasteiger partial charge on any atom is 0.328 e. The van der Waals surface area contributed by atoms with Gasteiger partial charge in [-0.1, -0.05) is 43.6 Å². The van der Waals surface area contributed by atoms with Crippen LogP contribution in [0.25, 0.3) is 10.9 Å². The van der Waals surface area contributed by atoms with Crippen molar-refractivity contribution in [2.45, 2.75) is 38.8 Å². The highest BCUT2D eigenvalue weighted by atomic mass is 35.5. The number of likely N-dealkylation sites (tertiary alicyclic amines) is 1. The molecule has 2 aromatic carbocycles. The van der Waals surface area contributed by atoms with Crippen LogP contribution in [0.4, 0.5) is 14.9 Å². The molecular weight excluding hydrogens is 483 g/mol. The minimum Gasteiger partial charge on any atom is -0.384 e. The van der Waals surface area contributed by atoms with Gasteiger partial charge in [0.2, 0.25) is 5.91 Å². The number of nitrogens with zero attached hydrogens (tertiary/aromatic N) is 3. The molecule has 2 aliphatic rings. The summed E-state index contributed by atoms with van der Waals surface area (Å²) < 4.78 is 16.0. The van der Waals surface area contributed by atoms with Gasteiger partial charge in [0.1, 0.15) is 5.82 Å². The predicted octanol–water partition coefficient (Wildman–Crippen LogP) is 4.59. The quantitative estimate of drug-likeness (QED) is 0.536. The fourth-order valence-corrected chi connectivity index (χ4v) is 5.47. The molecule has 7 nitrogen and oxygen atoms in total. The van der Waals surface area contributed by atoms with Crippen LogP contribution in [0.2, 0.25) is 5.02 Å². The molecule has 0 unspecified atom stereocenters. The molecule has 2 aliphatic heterocycles. The lowest BCUT2D eigenvalue weighted by molar-refractivity contribution is -0.128. The van der Waals surface area contributed by atoms with Crippen LogP contribution in [0, 0.1) is 11.2 Å². The molecule has 3 amide bonds. The van der Waals surface area contributed by atoms with Gasteiger partial charge >= 0.3 is 6.03 Å². The van der Waals surface area contributed by atoms with Gasteiger partial charge < -0.3 is 5.11 Å². The van der Waals surface area contributed by atoms with Crippen molar-refractivity contribution >= 4 is 40.1 Å². The maximum atomic E-state index is 16.0. The molecular formula is C27H28ClFN4O3. The van der Waals surface area contributed by atoms with Crippen molar-refractivity contribution in [1.29, 1.82) is 0 Å². The van der Waals surface area contributed by atoms with Gasteiger partial charge in [0.15, 0.2) is 0 Å². The summed E-state index contributed by atoms with van der Waals surface area (Å²) in [6.07, 6.45) is 2.01. The van der Waals surface area contributed by atoms with Crippen LogP contribution < -0.4 is 10.2 Å². The summed E-state index contributed by atoms with van der Waals surface area (Å²) in [6, 6.07) is 12.0. The van der Waals surface area contributed by atoms with Crippen molar-refractivity contribution in [3.05, 3.63) is 70.6 Å². The van der Waals surface area contributed by atoms with Gasteiger partial charge in [-0.2, -0.15) is 0 Å². The molecule has 0 aliphatic carbocycles. The molecule has 9 heteroatoms. The molecule has 5 rings (SSSR count). The number of fused-ring (bicyclic) bond motifs is 1. The van der Waals surface area contributed by atoms with Crippen molar-refractivity contribution in [2.75, 3.05) is 24.5 Å². The van der Waals surface area contributed by atoms with Crippen LogP contribution in [0.3, 0.4) is 0 Å². The lowest BCUT2D eigenvalue weighted by Gasteiger charge is -2.50. The highest BCUT2D eigenvalue weighted by molar-refractivity contribution is 6.30. The van der Waals surface area contributed by atoms with Gasteiger partial charge in [-0.15, -0.1) is 0 Å². The first-order chi connectivity index (χ1) is 17.1. The average Bonchev–Trinajstić information content (AvgIpc) is 2.83. The van der Waals surface area contributed by atoms with E-state index in [1.165, 1.54) is 11.1 Å². The fraction of sp³-hybridized carbons (Fsp3) is 0.370. The van der Waals surface area contributed by atoms with Crippen molar-refractivity contribution < 1.29 is 19.1 Å². The van der Waals surface area contributed by atoms with E-state index in [4.69, 9.17) is 11.6 Å². The first-order valence-corrected chi connectivity index (χ1v) is 12.3. The number of urea groups is 1. The number of carbonyl (C=O) groups is 2. The number of pyridine rings is 1. The third-order valence-electron chi connectivity index (χ3n) is 7.44. The number of amides is 3. The van der Waals surface area contributed by atoms with Crippen LogP contribution in [-0.2, 0) is 16.9 Å².